The molecule has 0 amide bonds. The molecule has 0 unspecified atom stereocenters. The van der Waals surface area contributed by atoms with Gasteiger partial charge in [0.15, 0.2) is 5.96 Å². The summed E-state index contributed by atoms with van der Waals surface area (Å²) in [5.41, 5.74) is 8.44. The van der Waals surface area contributed by atoms with Crippen LogP contribution < -0.4 is 11.1 Å². The number of nitrogens with one attached hydrogen (secondary N) is 1. The summed E-state index contributed by atoms with van der Waals surface area (Å²) in [7, 11) is 0. The van der Waals surface area contributed by atoms with Crippen LogP contribution in [-0.4, -0.2) is 29.5 Å². The van der Waals surface area contributed by atoms with Crippen LogP contribution in [0.3, 0.4) is 0 Å². The minimum absolute atomic E-state index is 0.0510. The molecule has 3 N–H and O–H groups in total. The molecule has 2 rings (SSSR count). The molecule has 1 aromatic carbocycles. The number of aliphatic imine (C=N–C) groups is 1. The van der Waals surface area contributed by atoms with Crippen molar-refractivity contribution in [3.8, 4) is 0 Å². The van der Waals surface area contributed by atoms with Crippen LogP contribution in [0.5, 0.6) is 0 Å². The Balaban J connectivity index is 1.85. The van der Waals surface area contributed by atoms with E-state index in [0.29, 0.717) is 12.5 Å². The van der Waals surface area contributed by atoms with Crippen molar-refractivity contribution in [2.24, 2.45) is 10.7 Å². The minimum atomic E-state index is -0.0510. The molecule has 0 saturated carbocycles. The number of hydrogen-bond acceptors (Lipinski definition) is 2. The van der Waals surface area contributed by atoms with Crippen molar-refractivity contribution < 1.29 is 0 Å². The van der Waals surface area contributed by atoms with E-state index in [1.54, 1.807) is 0 Å². The highest BCUT2D eigenvalue weighted by molar-refractivity contribution is 5.78. The Morgan fingerprint density at radius 3 is 2.17 bits per heavy atom. The third-order valence-corrected chi connectivity index (χ3v) is 4.06. The van der Waals surface area contributed by atoms with Gasteiger partial charge in [0.05, 0.1) is 6.54 Å². The molecule has 128 valence electrons. The minimum Gasteiger partial charge on any atom is -0.370 e. The Bertz CT molecular complexity index is 491. The highest BCUT2D eigenvalue weighted by Gasteiger charge is 2.10. The summed E-state index contributed by atoms with van der Waals surface area (Å²) >= 11 is 0. The maximum absolute atomic E-state index is 5.91. The fourth-order valence-electron chi connectivity index (χ4n) is 2.90. The van der Waals surface area contributed by atoms with Crippen LogP contribution in [0.2, 0.25) is 0 Å². The monoisotopic (exact) mass is 316 g/mol. The summed E-state index contributed by atoms with van der Waals surface area (Å²) in [5.74, 6) is 0.506. The van der Waals surface area contributed by atoms with E-state index in [4.69, 9.17) is 5.73 Å². The largest absolute Gasteiger partial charge is 0.370 e. The molecular formula is C19H32N4. The number of guanidine groups is 1. The van der Waals surface area contributed by atoms with Gasteiger partial charge in [0, 0.05) is 12.1 Å². The van der Waals surface area contributed by atoms with Crippen molar-refractivity contribution in [1.29, 1.82) is 0 Å². The van der Waals surface area contributed by atoms with Gasteiger partial charge >= 0.3 is 0 Å². The maximum Gasteiger partial charge on any atom is 0.189 e. The van der Waals surface area contributed by atoms with Gasteiger partial charge in [-0.1, -0.05) is 37.1 Å². The van der Waals surface area contributed by atoms with Gasteiger partial charge < -0.3 is 11.1 Å². The summed E-state index contributed by atoms with van der Waals surface area (Å²) in [5, 5.41) is 3.18. The standard InChI is InChI=1S/C19H32N4/c1-19(2,3)22-18(20)21-14-16-8-10-17(11-9-16)15-23-12-6-4-5-7-13-23/h8-11H,4-7,12-15H2,1-3H3,(H3,20,21,22). The average molecular weight is 316 g/mol. The number of hydrogen-bond donors (Lipinski definition) is 2. The molecule has 1 heterocycles. The van der Waals surface area contributed by atoms with Gasteiger partial charge in [-0.2, -0.15) is 0 Å². The van der Waals surface area contributed by atoms with Gasteiger partial charge in [0.1, 0.15) is 0 Å². The summed E-state index contributed by atoms with van der Waals surface area (Å²) < 4.78 is 0. The lowest BCUT2D eigenvalue weighted by Crippen LogP contribution is -2.44. The van der Waals surface area contributed by atoms with Gasteiger partial charge in [0.25, 0.3) is 0 Å². The topological polar surface area (TPSA) is 53.6 Å². The predicted octanol–water partition coefficient (Wildman–Crippen LogP) is 3.27. The second-order valence-electron chi connectivity index (χ2n) is 7.58. The lowest BCUT2D eigenvalue weighted by molar-refractivity contribution is 0.277. The summed E-state index contributed by atoms with van der Waals surface area (Å²) in [6.45, 7) is 10.4. The van der Waals surface area contributed by atoms with Crippen molar-refractivity contribution in [3.05, 3.63) is 35.4 Å². The van der Waals surface area contributed by atoms with E-state index in [0.717, 1.165) is 6.54 Å². The van der Waals surface area contributed by atoms with E-state index in [1.807, 2.05) is 0 Å². The molecule has 0 bridgehead atoms. The zero-order valence-corrected chi connectivity index (χ0v) is 14.9. The molecule has 1 aliphatic rings. The zero-order valence-electron chi connectivity index (χ0n) is 14.9. The van der Waals surface area contributed by atoms with Crippen molar-refractivity contribution in [2.75, 3.05) is 13.1 Å². The first kappa shape index (κ1) is 17.8. The first-order chi connectivity index (χ1) is 10.9. The van der Waals surface area contributed by atoms with Crippen molar-refractivity contribution in [1.82, 2.24) is 10.2 Å². The second-order valence-corrected chi connectivity index (χ2v) is 7.58. The number of nitrogens with zero attached hydrogens (tertiary/aromatic N) is 2. The lowest BCUT2D eigenvalue weighted by atomic mass is 10.1. The highest BCUT2D eigenvalue weighted by atomic mass is 15.1. The average Bonchev–Trinajstić information content (AvgIpc) is 2.73. The number of rotatable bonds is 4. The van der Waals surface area contributed by atoms with Crippen LogP contribution in [0.1, 0.15) is 57.6 Å². The zero-order chi connectivity index (χ0) is 16.7. The normalized spacial score (nSPS) is 17.8. The van der Waals surface area contributed by atoms with Crippen LogP contribution in [0.15, 0.2) is 29.3 Å². The summed E-state index contributed by atoms with van der Waals surface area (Å²) in [6.07, 6.45) is 5.45. The number of likely N-dealkylation sites (tertiary alicyclic amines) is 1. The Hall–Kier alpha value is -1.55. The van der Waals surface area contributed by atoms with Gasteiger partial charge in [-0.3, -0.25) is 4.90 Å². The summed E-state index contributed by atoms with van der Waals surface area (Å²) in [6, 6.07) is 8.79. The molecule has 0 aromatic heterocycles. The second kappa shape index (κ2) is 8.34. The predicted molar refractivity (Wildman–Crippen MR) is 98.4 cm³/mol. The van der Waals surface area contributed by atoms with Gasteiger partial charge in [-0.25, -0.2) is 4.99 Å². The molecular weight excluding hydrogens is 284 g/mol. The van der Waals surface area contributed by atoms with Crippen LogP contribution in [-0.2, 0) is 13.1 Å². The molecule has 0 aliphatic carbocycles. The Kier molecular flexibility index (Phi) is 6.46. The quantitative estimate of drug-likeness (QED) is 0.662. The maximum atomic E-state index is 5.91. The SMILES string of the molecule is CC(C)(C)NC(N)=NCc1ccc(CN2CCCCCC2)cc1. The smallest absolute Gasteiger partial charge is 0.189 e. The highest BCUT2D eigenvalue weighted by Crippen LogP contribution is 2.14. The van der Waals surface area contributed by atoms with E-state index >= 15 is 0 Å². The molecule has 1 saturated heterocycles. The number of nitrogens with two attached hydrogens (primary N) is 1. The van der Waals surface area contributed by atoms with E-state index in [9.17, 15) is 0 Å². The van der Waals surface area contributed by atoms with Crippen LogP contribution in [0.25, 0.3) is 0 Å². The Labute approximate surface area is 141 Å². The first-order valence-electron chi connectivity index (χ1n) is 8.81. The molecule has 4 nitrogen and oxygen atoms in total. The number of benzene rings is 1. The molecule has 1 aliphatic heterocycles. The molecule has 23 heavy (non-hydrogen) atoms. The molecule has 0 spiro atoms. The molecule has 1 fully saturated rings. The Morgan fingerprint density at radius 1 is 1.04 bits per heavy atom. The van der Waals surface area contributed by atoms with Crippen molar-refractivity contribution >= 4 is 5.96 Å². The van der Waals surface area contributed by atoms with E-state index in [-0.39, 0.29) is 5.54 Å². The third kappa shape index (κ3) is 7.04. The Morgan fingerprint density at radius 2 is 1.61 bits per heavy atom. The summed E-state index contributed by atoms with van der Waals surface area (Å²) in [4.78, 5) is 6.99. The van der Waals surface area contributed by atoms with Crippen molar-refractivity contribution in [3.63, 3.8) is 0 Å². The molecule has 4 heteroatoms. The molecule has 1 aromatic rings. The van der Waals surface area contributed by atoms with Crippen LogP contribution >= 0.6 is 0 Å². The third-order valence-electron chi connectivity index (χ3n) is 4.06. The fourth-order valence-corrected chi connectivity index (χ4v) is 2.90. The fraction of sp³-hybridized carbons (Fsp3) is 0.632. The first-order valence-corrected chi connectivity index (χ1v) is 8.81. The van der Waals surface area contributed by atoms with Crippen LogP contribution in [0, 0.1) is 0 Å². The van der Waals surface area contributed by atoms with Crippen LogP contribution in [0.4, 0.5) is 0 Å². The van der Waals surface area contributed by atoms with Gasteiger partial charge in [-0.15, -0.1) is 0 Å². The van der Waals surface area contributed by atoms with Gasteiger partial charge in [0.2, 0.25) is 0 Å². The van der Waals surface area contributed by atoms with E-state index < -0.39 is 0 Å². The van der Waals surface area contributed by atoms with Crippen molar-refractivity contribution in [2.45, 2.75) is 65.1 Å². The van der Waals surface area contributed by atoms with E-state index in [1.165, 1.54) is 49.9 Å². The van der Waals surface area contributed by atoms with E-state index in [2.05, 4.69) is 60.2 Å². The van der Waals surface area contributed by atoms with Gasteiger partial charge in [-0.05, 0) is 57.8 Å². The lowest BCUT2D eigenvalue weighted by Gasteiger charge is -2.21. The molecule has 0 radical (unpaired) electrons. The molecule has 0 atom stereocenters.